The Balaban J connectivity index is 1.71. The van der Waals surface area contributed by atoms with Crippen molar-refractivity contribution in [1.29, 1.82) is 0 Å². The maximum absolute atomic E-state index is 12.1. The summed E-state index contributed by atoms with van der Waals surface area (Å²) < 4.78 is 10.4. The Morgan fingerprint density at radius 3 is 2.75 bits per heavy atom. The summed E-state index contributed by atoms with van der Waals surface area (Å²) in [5.74, 6) is 6.78. The molecule has 1 aliphatic rings. The van der Waals surface area contributed by atoms with Crippen LogP contribution in [0, 0.1) is 17.8 Å². The first kappa shape index (κ1) is 19.9. The Morgan fingerprint density at radius 1 is 1.32 bits per heavy atom. The quantitative estimate of drug-likeness (QED) is 0.820. The number of hydrogen-bond acceptors (Lipinski definition) is 6. The molecule has 1 fully saturated rings. The van der Waals surface area contributed by atoms with E-state index in [-0.39, 0.29) is 6.09 Å². The molecule has 7 nitrogen and oxygen atoms in total. The van der Waals surface area contributed by atoms with Gasteiger partial charge in [-0.05, 0) is 18.1 Å². The summed E-state index contributed by atoms with van der Waals surface area (Å²) in [4.78, 5) is 22.4. The van der Waals surface area contributed by atoms with Crippen molar-refractivity contribution in [3.8, 4) is 17.7 Å². The van der Waals surface area contributed by atoms with Crippen LogP contribution in [0.4, 0.5) is 4.79 Å². The second-order valence-electron chi connectivity index (χ2n) is 7.32. The fourth-order valence-electron chi connectivity index (χ4n) is 2.92. The molecule has 0 spiro atoms. The van der Waals surface area contributed by atoms with E-state index in [4.69, 9.17) is 9.47 Å². The first-order valence-electron chi connectivity index (χ1n) is 9.37. The third kappa shape index (κ3) is 4.70. The van der Waals surface area contributed by atoms with Gasteiger partial charge in [0.15, 0.2) is 0 Å². The number of piperidine rings is 1. The predicted octanol–water partition coefficient (Wildman–Crippen LogP) is 2.61. The zero-order valence-corrected chi connectivity index (χ0v) is 16.4. The third-order valence-electron chi connectivity index (χ3n) is 4.59. The van der Waals surface area contributed by atoms with Crippen LogP contribution in [0.3, 0.4) is 0 Å². The maximum Gasteiger partial charge on any atom is 0.409 e. The molecule has 0 unspecified atom stereocenters. The monoisotopic (exact) mass is 383 g/mol. The summed E-state index contributed by atoms with van der Waals surface area (Å²) in [5, 5.41) is 10.8. The standard InChI is InChI=1S/C21H25N3O4/c1-15(2)14-28-20(25)24-12-9-21(26,10-13-24)8-6-16-7-11-22-17-4-5-18(27-3)23-19(16)17/h4-5,7,11,15,26H,9-10,12-14H2,1-3H3. The number of likely N-dealkylation sites (tertiary alicyclic amines) is 1. The molecular formula is C21H25N3O4. The minimum atomic E-state index is -1.15. The molecule has 0 saturated carbocycles. The van der Waals surface area contributed by atoms with Gasteiger partial charge in [-0.25, -0.2) is 9.78 Å². The van der Waals surface area contributed by atoms with Crippen molar-refractivity contribution in [2.75, 3.05) is 26.8 Å². The van der Waals surface area contributed by atoms with Crippen molar-refractivity contribution < 1.29 is 19.4 Å². The van der Waals surface area contributed by atoms with E-state index in [1.165, 1.54) is 0 Å². The highest BCUT2D eigenvalue weighted by Gasteiger charge is 2.33. The number of carbonyl (C=O) groups excluding carboxylic acids is 1. The molecule has 2 aromatic rings. The Morgan fingerprint density at radius 2 is 2.07 bits per heavy atom. The van der Waals surface area contributed by atoms with Crippen LogP contribution in [0.25, 0.3) is 11.0 Å². The van der Waals surface area contributed by atoms with Gasteiger partial charge in [-0.15, -0.1) is 0 Å². The van der Waals surface area contributed by atoms with Crippen molar-refractivity contribution in [2.24, 2.45) is 5.92 Å². The first-order chi connectivity index (χ1) is 13.4. The second kappa shape index (κ2) is 8.44. The van der Waals surface area contributed by atoms with Crippen LogP contribution in [0.1, 0.15) is 32.3 Å². The minimum Gasteiger partial charge on any atom is -0.481 e. The molecule has 1 N–H and O–H groups in total. The van der Waals surface area contributed by atoms with Gasteiger partial charge in [0.2, 0.25) is 5.88 Å². The molecular weight excluding hydrogens is 358 g/mol. The Hall–Kier alpha value is -2.85. The average molecular weight is 383 g/mol. The Labute approximate surface area is 164 Å². The predicted molar refractivity (Wildman–Crippen MR) is 105 cm³/mol. The van der Waals surface area contributed by atoms with Crippen molar-refractivity contribution in [2.45, 2.75) is 32.3 Å². The van der Waals surface area contributed by atoms with E-state index in [1.54, 1.807) is 30.3 Å². The smallest absolute Gasteiger partial charge is 0.409 e. The molecule has 7 heteroatoms. The number of hydrogen-bond donors (Lipinski definition) is 1. The number of aromatic nitrogens is 2. The van der Waals surface area contributed by atoms with Crippen molar-refractivity contribution in [3.63, 3.8) is 0 Å². The van der Waals surface area contributed by atoms with Crippen molar-refractivity contribution in [1.82, 2.24) is 14.9 Å². The van der Waals surface area contributed by atoms with E-state index in [2.05, 4.69) is 21.8 Å². The number of nitrogens with zero attached hydrogens (tertiary/aromatic N) is 3. The third-order valence-corrected chi connectivity index (χ3v) is 4.59. The van der Waals surface area contributed by atoms with E-state index < -0.39 is 5.60 Å². The van der Waals surface area contributed by atoms with Crippen LogP contribution in [0.2, 0.25) is 0 Å². The lowest BCUT2D eigenvalue weighted by atomic mass is 9.92. The van der Waals surface area contributed by atoms with Crippen LogP contribution < -0.4 is 4.74 Å². The van der Waals surface area contributed by atoms with Gasteiger partial charge >= 0.3 is 6.09 Å². The number of fused-ring (bicyclic) bond motifs is 1. The van der Waals surface area contributed by atoms with Crippen molar-refractivity contribution >= 4 is 17.1 Å². The largest absolute Gasteiger partial charge is 0.481 e. The molecule has 3 rings (SSSR count). The molecule has 2 aromatic heterocycles. The van der Waals surface area contributed by atoms with Gasteiger partial charge in [0, 0.05) is 38.2 Å². The van der Waals surface area contributed by atoms with Gasteiger partial charge in [0.05, 0.1) is 24.8 Å². The van der Waals surface area contributed by atoms with E-state index in [9.17, 15) is 9.90 Å². The van der Waals surface area contributed by atoms with E-state index >= 15 is 0 Å². The highest BCUT2D eigenvalue weighted by atomic mass is 16.6. The highest BCUT2D eigenvalue weighted by molar-refractivity contribution is 5.81. The Bertz CT molecular complexity index is 909. The number of methoxy groups -OCH3 is 1. The second-order valence-corrected chi connectivity index (χ2v) is 7.32. The average Bonchev–Trinajstić information content (AvgIpc) is 2.70. The topological polar surface area (TPSA) is 84.8 Å². The number of carbonyl (C=O) groups is 1. The van der Waals surface area contributed by atoms with Gasteiger partial charge in [-0.1, -0.05) is 25.7 Å². The summed E-state index contributed by atoms with van der Waals surface area (Å²) >= 11 is 0. The summed E-state index contributed by atoms with van der Waals surface area (Å²) in [7, 11) is 1.55. The van der Waals surface area contributed by atoms with Crippen LogP contribution in [0.5, 0.6) is 5.88 Å². The number of rotatable bonds is 3. The highest BCUT2D eigenvalue weighted by Crippen LogP contribution is 2.23. The molecule has 0 radical (unpaired) electrons. The van der Waals surface area contributed by atoms with E-state index in [0.717, 1.165) is 0 Å². The summed E-state index contributed by atoms with van der Waals surface area (Å²) in [6.45, 7) is 5.19. The zero-order chi connectivity index (χ0) is 20.1. The molecule has 0 aliphatic carbocycles. The van der Waals surface area contributed by atoms with Crippen LogP contribution >= 0.6 is 0 Å². The fourth-order valence-corrected chi connectivity index (χ4v) is 2.92. The van der Waals surface area contributed by atoms with Crippen LogP contribution in [-0.2, 0) is 4.74 Å². The van der Waals surface area contributed by atoms with Gasteiger partial charge in [0.25, 0.3) is 0 Å². The summed E-state index contributed by atoms with van der Waals surface area (Å²) in [6.07, 6.45) is 2.07. The molecule has 0 bridgehead atoms. The lowest BCUT2D eigenvalue weighted by molar-refractivity contribution is 0.0198. The number of pyridine rings is 2. The van der Waals surface area contributed by atoms with Gasteiger partial charge in [-0.2, -0.15) is 0 Å². The van der Waals surface area contributed by atoms with E-state index in [0.29, 0.717) is 60.9 Å². The molecule has 28 heavy (non-hydrogen) atoms. The minimum absolute atomic E-state index is 0.291. The van der Waals surface area contributed by atoms with Gasteiger partial charge in [-0.3, -0.25) is 4.98 Å². The molecule has 0 atom stereocenters. The number of aliphatic hydroxyl groups is 1. The number of amides is 1. The van der Waals surface area contributed by atoms with Gasteiger partial charge in [0.1, 0.15) is 11.1 Å². The molecule has 1 aliphatic heterocycles. The molecule has 3 heterocycles. The normalized spacial score (nSPS) is 15.8. The summed E-state index contributed by atoms with van der Waals surface area (Å²) in [6, 6.07) is 5.33. The summed E-state index contributed by atoms with van der Waals surface area (Å²) in [5.41, 5.74) is 0.870. The molecule has 1 saturated heterocycles. The van der Waals surface area contributed by atoms with E-state index in [1.807, 2.05) is 19.9 Å². The van der Waals surface area contributed by atoms with Crippen molar-refractivity contribution in [3.05, 3.63) is 30.0 Å². The Kier molecular flexibility index (Phi) is 6.00. The zero-order valence-electron chi connectivity index (χ0n) is 16.4. The maximum atomic E-state index is 12.1. The molecule has 148 valence electrons. The van der Waals surface area contributed by atoms with Crippen LogP contribution in [0.15, 0.2) is 24.4 Å². The molecule has 0 aromatic carbocycles. The van der Waals surface area contributed by atoms with Crippen LogP contribution in [-0.4, -0.2) is 58.5 Å². The van der Waals surface area contributed by atoms with Gasteiger partial charge < -0.3 is 19.5 Å². The molecule has 1 amide bonds. The first-order valence-corrected chi connectivity index (χ1v) is 9.37. The lowest BCUT2D eigenvalue weighted by Crippen LogP contribution is -2.46. The number of ether oxygens (including phenoxy) is 2. The fraction of sp³-hybridized carbons (Fsp3) is 0.476. The SMILES string of the molecule is COc1ccc2nccc(C#CC3(O)CCN(C(=O)OCC(C)C)CC3)c2n1. The lowest BCUT2D eigenvalue weighted by Gasteiger charge is -2.34.